The monoisotopic (exact) mass is 933 g/mol. The normalized spacial score (nSPS) is 17.4. The number of halogens is 3. The Bertz CT molecular complexity index is 2380. The largest absolute Gasteiger partial charge is 0.481 e. The number of benzene rings is 1. The van der Waals surface area contributed by atoms with Gasteiger partial charge in [-0.15, -0.1) is 21.0 Å². The fourth-order valence-corrected chi connectivity index (χ4v) is 9.59. The van der Waals surface area contributed by atoms with E-state index in [-0.39, 0.29) is 74.6 Å². The van der Waals surface area contributed by atoms with Crippen LogP contribution in [0.1, 0.15) is 99.1 Å². The number of carbonyl (C=O) groups is 3. The van der Waals surface area contributed by atoms with Crippen LogP contribution in [-0.2, 0) is 42.9 Å². The van der Waals surface area contributed by atoms with Crippen molar-refractivity contribution in [2.24, 2.45) is 5.41 Å². The van der Waals surface area contributed by atoms with Gasteiger partial charge >= 0.3 is 18.2 Å². The highest BCUT2D eigenvalue weighted by Gasteiger charge is 2.47. The zero-order valence-electron chi connectivity index (χ0n) is 37.6. The Morgan fingerprint density at radius 3 is 2.32 bits per heavy atom. The quantitative estimate of drug-likeness (QED) is 0.0754. The molecule has 356 valence electrons. The molecule has 1 atom stereocenters. The number of pyridine rings is 2. The average Bonchev–Trinajstić information content (AvgIpc) is 3.64. The predicted octanol–water partition coefficient (Wildman–Crippen LogP) is 7.06. The van der Waals surface area contributed by atoms with Gasteiger partial charge in [0.2, 0.25) is 17.6 Å². The van der Waals surface area contributed by atoms with Gasteiger partial charge in [-0.3, -0.25) is 23.1 Å². The van der Waals surface area contributed by atoms with Crippen LogP contribution in [0.4, 0.5) is 18.0 Å². The second-order valence-corrected chi connectivity index (χ2v) is 20.0. The molecule has 6 rings (SSSR count). The van der Waals surface area contributed by atoms with Gasteiger partial charge in [-0.25, -0.2) is 9.78 Å². The van der Waals surface area contributed by atoms with Crippen molar-refractivity contribution >= 4 is 34.4 Å². The van der Waals surface area contributed by atoms with E-state index >= 15 is 0 Å². The zero-order chi connectivity index (χ0) is 47.5. The van der Waals surface area contributed by atoms with Gasteiger partial charge in [0.25, 0.3) is 0 Å². The van der Waals surface area contributed by atoms with E-state index in [0.29, 0.717) is 54.0 Å². The smallest absolute Gasteiger partial charge is 0.452 e. The molecule has 21 heteroatoms. The fraction of sp³-hybridized carbons (Fsp3) is 0.545. The summed E-state index contributed by atoms with van der Waals surface area (Å²) in [6.45, 7) is 13.6. The minimum atomic E-state index is -4.77. The third-order valence-corrected chi connectivity index (χ3v) is 13.4. The molecule has 5 N–H and O–H groups in total. The first-order valence-corrected chi connectivity index (χ1v) is 22.8. The lowest BCUT2D eigenvalue weighted by Crippen LogP contribution is -2.50. The van der Waals surface area contributed by atoms with E-state index in [4.69, 9.17) is 23.9 Å². The molecule has 65 heavy (non-hydrogen) atoms. The first kappa shape index (κ1) is 49.4. The Balaban J connectivity index is 1.21. The lowest BCUT2D eigenvalue weighted by Gasteiger charge is -2.44. The van der Waals surface area contributed by atoms with Gasteiger partial charge in [-0.05, 0) is 101 Å². The molecule has 0 radical (unpaired) electrons. The van der Waals surface area contributed by atoms with Gasteiger partial charge in [-0.2, -0.15) is 17.5 Å². The van der Waals surface area contributed by atoms with E-state index in [1.807, 2.05) is 13.0 Å². The average molecular weight is 934 g/mol. The number of carboxylic acid groups (broad SMARTS) is 1. The number of amides is 2. The molecule has 17 nitrogen and oxygen atoms in total. The summed E-state index contributed by atoms with van der Waals surface area (Å²) >= 11 is 0. The van der Waals surface area contributed by atoms with Crippen LogP contribution in [0.15, 0.2) is 47.5 Å². The van der Waals surface area contributed by atoms with Crippen LogP contribution in [0.3, 0.4) is 0 Å². The Kier molecular flexibility index (Phi) is 14.8. The van der Waals surface area contributed by atoms with E-state index in [9.17, 15) is 41.8 Å². The summed E-state index contributed by atoms with van der Waals surface area (Å²) < 4.78 is 91.0. The van der Waals surface area contributed by atoms with Crippen molar-refractivity contribution < 1.29 is 60.7 Å². The highest BCUT2D eigenvalue weighted by atomic mass is 32.3. The van der Waals surface area contributed by atoms with Crippen molar-refractivity contribution in [3.63, 3.8) is 0 Å². The predicted molar refractivity (Wildman–Crippen MR) is 233 cm³/mol. The molecule has 0 saturated carbocycles. The van der Waals surface area contributed by atoms with Crippen molar-refractivity contribution in [3.05, 3.63) is 81.9 Å². The molecule has 1 fully saturated rings. The molecule has 3 aromatic heterocycles. The number of carboxylic acids is 1. The molecule has 1 unspecified atom stereocenters. The van der Waals surface area contributed by atoms with Gasteiger partial charge in [0.05, 0.1) is 38.4 Å². The number of carbonyl (C=O) groups excluding carboxylic acids is 2. The molecule has 1 saturated heterocycles. The summed E-state index contributed by atoms with van der Waals surface area (Å²) in [6, 6.07) is 10.0. The maximum atomic E-state index is 13.8. The molecule has 2 aliphatic heterocycles. The van der Waals surface area contributed by atoms with Crippen molar-refractivity contribution in [2.45, 2.75) is 109 Å². The minimum Gasteiger partial charge on any atom is -0.481 e. The highest BCUT2D eigenvalue weighted by molar-refractivity contribution is 8.22. The molecular formula is C44H58F3N7O10S. The Morgan fingerprint density at radius 1 is 0.969 bits per heavy atom. The van der Waals surface area contributed by atoms with Gasteiger partial charge in [-0.1, -0.05) is 18.2 Å². The van der Waals surface area contributed by atoms with E-state index in [1.54, 1.807) is 70.1 Å². The number of alkyl carbamates (subject to hydrolysis) is 1. The number of hydrogen-bond donors (Lipinski definition) is 5. The Morgan fingerprint density at radius 2 is 1.66 bits per heavy atom. The van der Waals surface area contributed by atoms with Crippen LogP contribution in [-0.4, -0.2) is 113 Å². The lowest BCUT2D eigenvalue weighted by molar-refractivity contribution is -0.147. The number of aryl methyl sites for hydroxylation is 3. The third kappa shape index (κ3) is 11.5. The van der Waals surface area contributed by atoms with Crippen molar-refractivity contribution in [1.29, 1.82) is 0 Å². The number of aliphatic carboxylic acids is 1. The van der Waals surface area contributed by atoms with Crippen LogP contribution >= 0.6 is 10.8 Å². The fourth-order valence-electron chi connectivity index (χ4n) is 8.00. The maximum Gasteiger partial charge on any atom is 0.452 e. The topological polar surface area (TPSA) is 219 Å². The van der Waals surface area contributed by atoms with Crippen LogP contribution in [0.5, 0.6) is 5.88 Å². The standard InChI is InChI=1S/C44H58F3N7O10S/c1-27-8-9-29(35(42(6,7)39(56)57)32-14-19-54-36(28(32)2)51-52-38(54)44(45,46)47)24-30(27)25-53-26-43(15-20-61-21-16-43)63-37-33(65(53,59)60)12-10-31(50-37)11-13-34(55)48-17-22-62-23-18-49-40(58)64-41(3,4)5/h8-10,12,14,19,24,35,59-60H,11,13,15-18,20-23,25-26H2,1-7H3,(H,48,55)(H,49,58)(H,56,57). The molecule has 4 aromatic rings. The lowest BCUT2D eigenvalue weighted by atomic mass is 9.70. The molecule has 1 spiro atoms. The molecule has 2 aliphatic rings. The molecule has 1 aromatic carbocycles. The molecule has 0 bridgehead atoms. The molecule has 2 amide bonds. The number of aromatic nitrogens is 4. The number of nitrogens with one attached hydrogen (secondary N) is 2. The van der Waals surface area contributed by atoms with Gasteiger partial charge in [0.15, 0.2) is 5.65 Å². The number of hydrogen-bond acceptors (Lipinski definition) is 13. The molecule has 5 heterocycles. The number of ether oxygens (including phenoxy) is 4. The summed E-state index contributed by atoms with van der Waals surface area (Å²) in [5.41, 5.74) is 0.160. The summed E-state index contributed by atoms with van der Waals surface area (Å²) in [5, 5.41) is 23.1. The second-order valence-electron chi connectivity index (χ2n) is 18.0. The number of fused-ring (bicyclic) bond motifs is 2. The summed E-state index contributed by atoms with van der Waals surface area (Å²) in [5.74, 6) is -3.43. The van der Waals surface area contributed by atoms with Gasteiger partial charge in [0.1, 0.15) is 16.1 Å². The van der Waals surface area contributed by atoms with E-state index in [0.717, 1.165) is 9.96 Å². The van der Waals surface area contributed by atoms with Crippen molar-refractivity contribution in [1.82, 2.24) is 34.5 Å². The van der Waals surface area contributed by atoms with Crippen LogP contribution in [0.25, 0.3) is 5.65 Å². The summed E-state index contributed by atoms with van der Waals surface area (Å²) in [6.07, 6.45) is -2.96. The van der Waals surface area contributed by atoms with Gasteiger partial charge in [0, 0.05) is 56.7 Å². The first-order valence-electron chi connectivity index (χ1n) is 21.3. The van der Waals surface area contributed by atoms with Crippen molar-refractivity contribution in [2.75, 3.05) is 46.1 Å². The van der Waals surface area contributed by atoms with Gasteiger partial charge < -0.3 is 34.7 Å². The summed E-state index contributed by atoms with van der Waals surface area (Å²) in [4.78, 5) is 42.2. The Labute approximate surface area is 376 Å². The Hall–Kier alpha value is -5.06. The number of alkyl halides is 3. The second kappa shape index (κ2) is 19.4. The first-order chi connectivity index (χ1) is 30.4. The van der Waals surface area contributed by atoms with Crippen molar-refractivity contribution in [3.8, 4) is 5.88 Å². The van der Waals surface area contributed by atoms with Crippen LogP contribution < -0.4 is 15.4 Å². The molecular weight excluding hydrogens is 876 g/mol. The SMILES string of the molecule is Cc1ccc(C(c2ccn3c(C(F)(F)F)nnc3c2C)C(C)(C)C(=O)O)cc1CN1CC2(CCOCC2)Oc2nc(CCC(=O)NCCOCCNC(=O)OC(C)(C)C)ccc2S1(O)O. The van der Waals surface area contributed by atoms with E-state index in [2.05, 4.69) is 20.8 Å². The minimum absolute atomic E-state index is 0.00331. The van der Waals surface area contributed by atoms with Crippen LogP contribution in [0.2, 0.25) is 0 Å². The zero-order valence-corrected chi connectivity index (χ0v) is 38.4. The summed E-state index contributed by atoms with van der Waals surface area (Å²) in [7, 11) is -3.78. The van der Waals surface area contributed by atoms with E-state index < -0.39 is 57.4 Å². The van der Waals surface area contributed by atoms with E-state index in [1.165, 1.54) is 12.3 Å². The maximum absolute atomic E-state index is 13.8. The highest BCUT2D eigenvalue weighted by Crippen LogP contribution is 2.59. The van der Waals surface area contributed by atoms with Crippen LogP contribution in [0, 0.1) is 19.3 Å². The third-order valence-electron chi connectivity index (χ3n) is 11.6. The number of nitrogens with zero attached hydrogens (tertiary/aromatic N) is 5. The number of rotatable bonds is 15. The molecule has 0 aliphatic carbocycles.